The smallest absolute Gasteiger partial charge is 0.136 e. The lowest BCUT2D eigenvalue weighted by Crippen LogP contribution is -1.77. The van der Waals surface area contributed by atoms with Gasteiger partial charge in [-0.05, 0) is 0 Å². The fourth-order valence-corrected chi connectivity index (χ4v) is 1.74. The van der Waals surface area contributed by atoms with Crippen molar-refractivity contribution in [3.8, 4) is 0 Å². The van der Waals surface area contributed by atoms with Crippen molar-refractivity contribution in [2.45, 2.75) is 0 Å². The molecule has 0 bridgehead atoms. The van der Waals surface area contributed by atoms with E-state index in [2.05, 4.69) is 20.2 Å². The summed E-state index contributed by atoms with van der Waals surface area (Å²) in [5.74, 6) is 0. The number of hydrogen-bond donors (Lipinski definition) is 0. The number of rotatable bonds is 3. The summed E-state index contributed by atoms with van der Waals surface area (Å²) < 4.78 is 0. The van der Waals surface area contributed by atoms with Gasteiger partial charge in [-0.3, -0.25) is 0 Å². The molecular weight excluding hydrogens is 216 g/mol. The van der Waals surface area contributed by atoms with E-state index in [1.807, 2.05) is 10.8 Å². The zero-order valence-electron chi connectivity index (χ0n) is 7.07. The van der Waals surface area contributed by atoms with Gasteiger partial charge in [-0.15, -0.1) is 22.7 Å². The monoisotopic (exact) mass is 222 g/mol. The van der Waals surface area contributed by atoms with Gasteiger partial charge in [0, 0.05) is 23.2 Å². The first-order valence-corrected chi connectivity index (χ1v) is 5.56. The lowest BCUT2D eigenvalue weighted by molar-refractivity contribution is 1.25. The quantitative estimate of drug-likeness (QED) is 0.589. The number of aromatic nitrogens is 2. The topological polar surface area (TPSA) is 50.5 Å². The molecule has 0 fully saturated rings. The Morgan fingerprint density at radius 2 is 1.43 bits per heavy atom. The Labute approximate surface area is 88.7 Å². The molecule has 0 N–H and O–H groups in total. The molecule has 6 heteroatoms. The summed E-state index contributed by atoms with van der Waals surface area (Å²) in [5, 5.41) is 13.2. The molecule has 4 nitrogen and oxygen atoms in total. The fourth-order valence-electron chi connectivity index (χ4n) is 0.762. The summed E-state index contributed by atoms with van der Waals surface area (Å²) in [6, 6.07) is 0. The van der Waals surface area contributed by atoms with Crippen LogP contribution in [0.4, 0.5) is 0 Å². The molecular formula is C8H6N4S2. The lowest BCUT2D eigenvalue weighted by atomic mass is 10.7. The molecule has 0 amide bonds. The molecule has 0 unspecified atom stereocenters. The van der Waals surface area contributed by atoms with Crippen LogP contribution in [0.3, 0.4) is 0 Å². The van der Waals surface area contributed by atoms with Gasteiger partial charge < -0.3 is 0 Å². The van der Waals surface area contributed by atoms with Crippen LogP contribution >= 0.6 is 22.7 Å². The molecule has 0 aliphatic rings. The number of thiazole rings is 2. The fraction of sp³-hybridized carbons (Fsp3) is 0. The van der Waals surface area contributed by atoms with Crippen molar-refractivity contribution in [3.05, 3.63) is 33.2 Å². The molecule has 2 aromatic heterocycles. The number of hydrogen-bond acceptors (Lipinski definition) is 6. The van der Waals surface area contributed by atoms with E-state index in [0.29, 0.717) is 0 Å². The highest BCUT2D eigenvalue weighted by Gasteiger charge is 1.88. The Morgan fingerprint density at radius 3 is 1.79 bits per heavy atom. The molecule has 0 radical (unpaired) electrons. The molecule has 0 spiro atoms. The van der Waals surface area contributed by atoms with Gasteiger partial charge in [0.25, 0.3) is 0 Å². The first kappa shape index (κ1) is 9.17. The highest BCUT2D eigenvalue weighted by atomic mass is 32.1. The maximum atomic E-state index is 4.03. The summed E-state index contributed by atoms with van der Waals surface area (Å²) in [6.45, 7) is 0. The van der Waals surface area contributed by atoms with Gasteiger partial charge in [0.05, 0.1) is 12.4 Å². The summed E-state index contributed by atoms with van der Waals surface area (Å²) in [5.41, 5.74) is 0. The van der Waals surface area contributed by atoms with Gasteiger partial charge >= 0.3 is 0 Å². The third kappa shape index (κ3) is 2.54. The Morgan fingerprint density at radius 1 is 0.929 bits per heavy atom. The van der Waals surface area contributed by atoms with Gasteiger partial charge in [0.1, 0.15) is 10.0 Å². The number of nitrogens with zero attached hydrogens (tertiary/aromatic N) is 4. The van der Waals surface area contributed by atoms with Crippen LogP contribution in [0.15, 0.2) is 33.4 Å². The van der Waals surface area contributed by atoms with Crippen LogP contribution in [0.1, 0.15) is 10.0 Å². The second-order valence-electron chi connectivity index (χ2n) is 2.23. The average molecular weight is 222 g/mol. The van der Waals surface area contributed by atoms with Crippen molar-refractivity contribution < 1.29 is 0 Å². The largest absolute Gasteiger partial charge is 0.243 e. The van der Waals surface area contributed by atoms with Crippen LogP contribution in [0.25, 0.3) is 0 Å². The standard InChI is InChI=1S/C8H6N4S2/c1-3-13-7(9-1)5-11-12-6-8-10-2-4-14-8/h1-6H. The van der Waals surface area contributed by atoms with Gasteiger partial charge in [-0.25, -0.2) is 9.97 Å². The minimum atomic E-state index is 0.848. The minimum Gasteiger partial charge on any atom is -0.243 e. The van der Waals surface area contributed by atoms with E-state index in [-0.39, 0.29) is 0 Å². The van der Waals surface area contributed by atoms with Crippen molar-refractivity contribution >= 4 is 35.1 Å². The second kappa shape index (κ2) is 4.73. The van der Waals surface area contributed by atoms with Crippen LogP contribution in [-0.2, 0) is 0 Å². The van der Waals surface area contributed by atoms with Crippen molar-refractivity contribution in [3.63, 3.8) is 0 Å². The van der Waals surface area contributed by atoms with Crippen molar-refractivity contribution in [2.24, 2.45) is 10.2 Å². The molecule has 0 aliphatic carbocycles. The second-order valence-corrected chi connectivity index (χ2v) is 4.08. The van der Waals surface area contributed by atoms with Crippen molar-refractivity contribution in [1.82, 2.24) is 9.97 Å². The van der Waals surface area contributed by atoms with Crippen molar-refractivity contribution in [1.29, 1.82) is 0 Å². The first-order valence-electron chi connectivity index (χ1n) is 3.80. The Hall–Kier alpha value is -1.40. The van der Waals surface area contributed by atoms with Crippen LogP contribution in [-0.4, -0.2) is 22.4 Å². The van der Waals surface area contributed by atoms with Crippen LogP contribution < -0.4 is 0 Å². The van der Waals surface area contributed by atoms with Gasteiger partial charge in [0.15, 0.2) is 0 Å². The van der Waals surface area contributed by atoms with E-state index >= 15 is 0 Å². The van der Waals surface area contributed by atoms with E-state index in [9.17, 15) is 0 Å². The van der Waals surface area contributed by atoms with E-state index in [1.54, 1.807) is 24.8 Å². The predicted octanol–water partition coefficient (Wildman–Crippen LogP) is 2.05. The third-order valence-electron chi connectivity index (χ3n) is 1.31. The highest BCUT2D eigenvalue weighted by Crippen LogP contribution is 2.01. The zero-order chi connectivity index (χ0) is 9.64. The molecule has 0 atom stereocenters. The van der Waals surface area contributed by atoms with Crippen LogP contribution in [0.2, 0.25) is 0 Å². The van der Waals surface area contributed by atoms with E-state index in [0.717, 1.165) is 10.0 Å². The highest BCUT2D eigenvalue weighted by molar-refractivity contribution is 7.11. The first-order chi connectivity index (χ1) is 6.95. The summed E-state index contributed by atoms with van der Waals surface area (Å²) >= 11 is 3.05. The molecule has 70 valence electrons. The molecule has 0 aliphatic heterocycles. The molecule has 0 saturated heterocycles. The summed E-state index contributed by atoms with van der Waals surface area (Å²) in [7, 11) is 0. The van der Waals surface area contributed by atoms with Crippen molar-refractivity contribution in [2.75, 3.05) is 0 Å². The SMILES string of the molecule is C(=NN=Cc1nccs1)c1nccs1. The van der Waals surface area contributed by atoms with Gasteiger partial charge in [-0.2, -0.15) is 10.2 Å². The maximum Gasteiger partial charge on any atom is 0.136 e. The molecule has 0 saturated carbocycles. The molecule has 2 aromatic rings. The van der Waals surface area contributed by atoms with Crippen LogP contribution in [0.5, 0.6) is 0 Å². The molecule has 2 heterocycles. The van der Waals surface area contributed by atoms with E-state index in [1.165, 1.54) is 22.7 Å². The van der Waals surface area contributed by atoms with Gasteiger partial charge in [-0.1, -0.05) is 0 Å². The zero-order valence-corrected chi connectivity index (χ0v) is 8.70. The predicted molar refractivity (Wildman–Crippen MR) is 59.4 cm³/mol. The lowest BCUT2D eigenvalue weighted by Gasteiger charge is -1.78. The molecule has 0 aromatic carbocycles. The van der Waals surface area contributed by atoms with Crippen LogP contribution in [0, 0.1) is 0 Å². The summed E-state index contributed by atoms with van der Waals surface area (Å²) in [4.78, 5) is 8.07. The normalized spacial score (nSPS) is 11.7. The Bertz CT molecular complexity index is 374. The Balaban J connectivity index is 1.94. The molecule has 14 heavy (non-hydrogen) atoms. The van der Waals surface area contributed by atoms with E-state index in [4.69, 9.17) is 0 Å². The molecule has 2 rings (SSSR count). The van der Waals surface area contributed by atoms with E-state index < -0.39 is 0 Å². The summed E-state index contributed by atoms with van der Waals surface area (Å²) in [6.07, 6.45) is 6.71. The maximum absolute atomic E-state index is 4.03. The minimum absolute atomic E-state index is 0.848. The average Bonchev–Trinajstić information content (AvgIpc) is 2.86. The Kier molecular flexibility index (Phi) is 3.10. The third-order valence-corrected chi connectivity index (χ3v) is 2.73. The van der Waals surface area contributed by atoms with Gasteiger partial charge in [0.2, 0.25) is 0 Å².